The molecule has 0 aliphatic carbocycles. The molecule has 4 heteroatoms. The van der Waals surface area contributed by atoms with E-state index in [1.807, 2.05) is 0 Å². The van der Waals surface area contributed by atoms with E-state index in [1.165, 1.54) is 54.9 Å². The van der Waals surface area contributed by atoms with Crippen LogP contribution in [-0.2, 0) is 58.6 Å². The van der Waals surface area contributed by atoms with Gasteiger partial charge in [-0.05, 0) is 67.1 Å². The molecule has 3 aromatic rings. The van der Waals surface area contributed by atoms with Crippen LogP contribution >= 0.6 is 0 Å². The van der Waals surface area contributed by atoms with Crippen LogP contribution < -0.4 is 0 Å². The maximum atomic E-state index is 5.73. The maximum Gasteiger partial charge on any atom is 0.0728 e. The van der Waals surface area contributed by atoms with Crippen LogP contribution in [0.25, 0.3) is 21.5 Å². The van der Waals surface area contributed by atoms with E-state index in [4.69, 9.17) is 18.9 Å². The Morgan fingerprint density at radius 1 is 0.692 bits per heavy atom. The quantitative estimate of drug-likeness (QED) is 0.656. The van der Waals surface area contributed by atoms with Crippen molar-refractivity contribution in [2.45, 2.75) is 39.6 Å². The minimum absolute atomic E-state index is 0.605. The Labute approximate surface area is 152 Å². The lowest BCUT2D eigenvalue weighted by Gasteiger charge is -2.17. The minimum atomic E-state index is 0.605. The molecule has 2 aliphatic heterocycles. The highest BCUT2D eigenvalue weighted by molar-refractivity contribution is 6.10. The molecule has 0 radical (unpaired) electrons. The summed E-state index contributed by atoms with van der Waals surface area (Å²) in [4.78, 5) is 0. The lowest BCUT2D eigenvalue weighted by atomic mass is 9.89. The summed E-state index contributed by atoms with van der Waals surface area (Å²) in [7, 11) is 3.51. The molecule has 0 bridgehead atoms. The summed E-state index contributed by atoms with van der Waals surface area (Å²) in [5.74, 6) is 0. The summed E-state index contributed by atoms with van der Waals surface area (Å²) in [5.41, 5.74) is 7.65. The van der Waals surface area contributed by atoms with Gasteiger partial charge in [0.05, 0.1) is 39.6 Å². The Kier molecular flexibility index (Phi) is 3.94. The van der Waals surface area contributed by atoms with Gasteiger partial charge in [0.2, 0.25) is 0 Å². The van der Waals surface area contributed by atoms with Crippen LogP contribution in [0.1, 0.15) is 33.4 Å². The van der Waals surface area contributed by atoms with Crippen LogP contribution in [0, 0.1) is 0 Å². The summed E-state index contributed by atoms with van der Waals surface area (Å²) in [6, 6.07) is 9.06. The van der Waals surface area contributed by atoms with Gasteiger partial charge in [0.1, 0.15) is 0 Å². The Balaban J connectivity index is 1.88. The van der Waals surface area contributed by atoms with Crippen molar-refractivity contribution in [3.8, 4) is 0 Å². The molecule has 2 aliphatic rings. The van der Waals surface area contributed by atoms with Gasteiger partial charge in [-0.25, -0.2) is 0 Å². The first-order chi connectivity index (χ1) is 12.8. The molecule has 0 N–H and O–H groups in total. The van der Waals surface area contributed by atoms with Gasteiger partial charge in [0.25, 0.3) is 0 Å². The molecule has 0 atom stereocenters. The van der Waals surface area contributed by atoms with Crippen molar-refractivity contribution in [1.82, 2.24) is 0 Å². The number of hydrogen-bond acceptors (Lipinski definition) is 4. The first kappa shape index (κ1) is 16.2. The SMILES string of the molecule is COCc1c2c(cc3c1ccc1c(COC)c4c(cc13)COC4)COC2. The van der Waals surface area contributed by atoms with Crippen molar-refractivity contribution < 1.29 is 18.9 Å². The molecule has 0 amide bonds. The molecule has 0 spiro atoms. The molecule has 26 heavy (non-hydrogen) atoms. The zero-order valence-electron chi connectivity index (χ0n) is 15.2. The summed E-state index contributed by atoms with van der Waals surface area (Å²) in [6.07, 6.45) is 0. The molecular weight excluding hydrogens is 328 g/mol. The highest BCUT2D eigenvalue weighted by Crippen LogP contribution is 2.39. The van der Waals surface area contributed by atoms with Crippen LogP contribution in [0.2, 0.25) is 0 Å². The van der Waals surface area contributed by atoms with Crippen molar-refractivity contribution >= 4 is 21.5 Å². The molecule has 3 aromatic carbocycles. The molecule has 0 saturated carbocycles. The van der Waals surface area contributed by atoms with Gasteiger partial charge in [-0.2, -0.15) is 0 Å². The monoisotopic (exact) mass is 350 g/mol. The van der Waals surface area contributed by atoms with E-state index in [0.29, 0.717) is 39.6 Å². The van der Waals surface area contributed by atoms with E-state index < -0.39 is 0 Å². The Morgan fingerprint density at radius 2 is 1.15 bits per heavy atom. The second kappa shape index (κ2) is 6.32. The highest BCUT2D eigenvalue weighted by atomic mass is 16.5. The van der Waals surface area contributed by atoms with Gasteiger partial charge in [-0.1, -0.05) is 12.1 Å². The normalized spacial score (nSPS) is 15.8. The third-order valence-electron chi connectivity index (χ3n) is 5.66. The minimum Gasteiger partial charge on any atom is -0.380 e. The number of methoxy groups -OCH3 is 2. The maximum absolute atomic E-state index is 5.73. The predicted octanol–water partition coefficient (Wildman–Crippen LogP) is 4.35. The molecule has 0 aromatic heterocycles. The molecule has 0 saturated heterocycles. The highest BCUT2D eigenvalue weighted by Gasteiger charge is 2.23. The largest absolute Gasteiger partial charge is 0.380 e. The Hall–Kier alpha value is -1.98. The molecule has 0 unspecified atom stereocenters. The lowest BCUT2D eigenvalue weighted by molar-refractivity contribution is 0.132. The van der Waals surface area contributed by atoms with Crippen LogP contribution in [0.3, 0.4) is 0 Å². The van der Waals surface area contributed by atoms with Gasteiger partial charge < -0.3 is 18.9 Å². The third kappa shape index (κ3) is 2.30. The van der Waals surface area contributed by atoms with Crippen molar-refractivity contribution in [2.24, 2.45) is 0 Å². The van der Waals surface area contributed by atoms with E-state index in [9.17, 15) is 0 Å². The molecule has 4 nitrogen and oxygen atoms in total. The Morgan fingerprint density at radius 3 is 1.58 bits per heavy atom. The van der Waals surface area contributed by atoms with Crippen molar-refractivity contribution in [3.05, 3.63) is 57.6 Å². The standard InChI is InChI=1S/C22H22O4/c1-23-9-21-15-3-4-16-18(17(15)5-13-7-25-11-19(13)21)6-14-8-26-12-20(14)22(16)10-24-2/h3-6H,7-12H2,1-2H3. The van der Waals surface area contributed by atoms with Gasteiger partial charge in [-0.15, -0.1) is 0 Å². The van der Waals surface area contributed by atoms with E-state index in [0.717, 1.165) is 0 Å². The first-order valence-corrected chi connectivity index (χ1v) is 8.99. The van der Waals surface area contributed by atoms with Gasteiger partial charge in [-0.3, -0.25) is 0 Å². The second-order valence-corrected chi connectivity index (χ2v) is 7.09. The van der Waals surface area contributed by atoms with E-state index in [1.54, 1.807) is 14.2 Å². The number of ether oxygens (including phenoxy) is 4. The van der Waals surface area contributed by atoms with E-state index in [2.05, 4.69) is 24.3 Å². The average molecular weight is 350 g/mol. The fourth-order valence-electron chi connectivity index (χ4n) is 4.47. The van der Waals surface area contributed by atoms with Gasteiger partial charge >= 0.3 is 0 Å². The van der Waals surface area contributed by atoms with Crippen molar-refractivity contribution in [2.75, 3.05) is 14.2 Å². The van der Waals surface area contributed by atoms with E-state index in [-0.39, 0.29) is 0 Å². The lowest BCUT2D eigenvalue weighted by Crippen LogP contribution is -2.01. The molecule has 134 valence electrons. The van der Waals surface area contributed by atoms with E-state index >= 15 is 0 Å². The molecule has 2 heterocycles. The smallest absolute Gasteiger partial charge is 0.0728 e. The summed E-state index contributed by atoms with van der Waals surface area (Å²) >= 11 is 0. The summed E-state index contributed by atoms with van der Waals surface area (Å²) < 4.78 is 22.5. The van der Waals surface area contributed by atoms with Crippen LogP contribution in [0.5, 0.6) is 0 Å². The number of rotatable bonds is 4. The number of benzene rings is 3. The zero-order chi connectivity index (χ0) is 17.7. The first-order valence-electron chi connectivity index (χ1n) is 8.99. The van der Waals surface area contributed by atoms with Gasteiger partial charge in [0, 0.05) is 14.2 Å². The predicted molar refractivity (Wildman–Crippen MR) is 99.9 cm³/mol. The number of fused-ring (bicyclic) bond motifs is 5. The Bertz CT molecular complexity index is 939. The topological polar surface area (TPSA) is 36.9 Å². The second-order valence-electron chi connectivity index (χ2n) is 7.09. The van der Waals surface area contributed by atoms with Crippen LogP contribution in [-0.4, -0.2) is 14.2 Å². The average Bonchev–Trinajstić information content (AvgIpc) is 3.30. The molecular formula is C22H22O4. The third-order valence-corrected chi connectivity index (χ3v) is 5.66. The van der Waals surface area contributed by atoms with Crippen molar-refractivity contribution in [3.63, 3.8) is 0 Å². The fraction of sp³-hybridized carbons (Fsp3) is 0.364. The van der Waals surface area contributed by atoms with Crippen LogP contribution in [0.15, 0.2) is 24.3 Å². The van der Waals surface area contributed by atoms with Crippen LogP contribution in [0.4, 0.5) is 0 Å². The van der Waals surface area contributed by atoms with Gasteiger partial charge in [0.15, 0.2) is 0 Å². The summed E-state index contributed by atoms with van der Waals surface area (Å²) in [6.45, 7) is 3.92. The summed E-state index contributed by atoms with van der Waals surface area (Å²) in [5, 5.41) is 5.05. The van der Waals surface area contributed by atoms with Crippen molar-refractivity contribution in [1.29, 1.82) is 0 Å². The zero-order valence-corrected chi connectivity index (χ0v) is 15.2. The number of hydrogen-bond donors (Lipinski definition) is 0. The molecule has 0 fully saturated rings. The molecule has 5 rings (SSSR count). The fourth-order valence-corrected chi connectivity index (χ4v) is 4.47.